The highest BCUT2D eigenvalue weighted by Crippen LogP contribution is 2.42. The molecule has 4 aromatic carbocycles. The zero-order valence-corrected chi connectivity index (χ0v) is 20.6. The van der Waals surface area contributed by atoms with Crippen molar-refractivity contribution < 1.29 is 0 Å². The van der Waals surface area contributed by atoms with Crippen molar-refractivity contribution >= 4 is 74.6 Å². The van der Waals surface area contributed by atoms with Crippen LogP contribution in [0.4, 0.5) is 0 Å². The SMILES string of the molecule is N#Cc1cc(-c2ccc3sc4cncc(Cl)c4c3c2)cc(-c2cccc3c2sc2ccccc23)c1. The molecule has 0 radical (unpaired) electrons. The third-order valence-corrected chi connectivity index (χ3v) is 9.06. The molecule has 0 bridgehead atoms. The molecule has 0 saturated heterocycles. The number of benzene rings is 4. The average molecular weight is 503 g/mol. The van der Waals surface area contributed by atoms with Crippen molar-refractivity contribution in [2.75, 3.05) is 0 Å². The number of pyridine rings is 1. The van der Waals surface area contributed by atoms with Gasteiger partial charge in [-0.05, 0) is 58.7 Å². The van der Waals surface area contributed by atoms with Crippen molar-refractivity contribution in [1.29, 1.82) is 5.26 Å². The largest absolute Gasteiger partial charge is 0.262 e. The van der Waals surface area contributed by atoms with Gasteiger partial charge in [0, 0.05) is 48.0 Å². The Morgan fingerprint density at radius 3 is 2.43 bits per heavy atom. The van der Waals surface area contributed by atoms with E-state index in [4.69, 9.17) is 11.6 Å². The zero-order chi connectivity index (χ0) is 23.5. The number of rotatable bonds is 2. The van der Waals surface area contributed by atoms with Gasteiger partial charge in [-0.1, -0.05) is 54.1 Å². The molecule has 0 saturated carbocycles. The lowest BCUT2D eigenvalue weighted by Gasteiger charge is -2.09. The van der Waals surface area contributed by atoms with Gasteiger partial charge in [0.2, 0.25) is 0 Å². The normalized spacial score (nSPS) is 11.5. The molecule has 0 aliphatic carbocycles. The predicted molar refractivity (Wildman–Crippen MR) is 151 cm³/mol. The minimum Gasteiger partial charge on any atom is -0.262 e. The van der Waals surface area contributed by atoms with Gasteiger partial charge in [0.05, 0.1) is 21.4 Å². The first-order valence-electron chi connectivity index (χ1n) is 11.1. The van der Waals surface area contributed by atoms with E-state index in [-0.39, 0.29) is 0 Å². The maximum absolute atomic E-state index is 9.85. The Hall–Kier alpha value is -3.75. The van der Waals surface area contributed by atoms with Gasteiger partial charge in [-0.25, -0.2) is 0 Å². The van der Waals surface area contributed by atoms with Crippen molar-refractivity contribution in [3.63, 3.8) is 0 Å². The van der Waals surface area contributed by atoms with Crippen molar-refractivity contribution in [3.05, 3.63) is 102 Å². The van der Waals surface area contributed by atoms with Gasteiger partial charge in [0.1, 0.15) is 0 Å². The van der Waals surface area contributed by atoms with E-state index in [0.29, 0.717) is 10.6 Å². The number of hydrogen-bond acceptors (Lipinski definition) is 4. The van der Waals surface area contributed by atoms with E-state index in [0.717, 1.165) is 37.7 Å². The summed E-state index contributed by atoms with van der Waals surface area (Å²) in [6.07, 6.45) is 3.56. The quantitative estimate of drug-likeness (QED) is 0.236. The van der Waals surface area contributed by atoms with Crippen LogP contribution in [0, 0.1) is 11.3 Å². The fourth-order valence-corrected chi connectivity index (χ4v) is 7.49. The lowest BCUT2D eigenvalue weighted by atomic mass is 9.95. The second-order valence-corrected chi connectivity index (χ2v) is 11.0. The summed E-state index contributed by atoms with van der Waals surface area (Å²) in [4.78, 5) is 4.24. The third kappa shape index (κ3) is 3.25. The average Bonchev–Trinajstić information content (AvgIpc) is 3.47. The predicted octanol–water partition coefficient (Wildman–Crippen LogP) is 9.68. The van der Waals surface area contributed by atoms with Crippen molar-refractivity contribution in [2.45, 2.75) is 0 Å². The Bertz CT molecular complexity index is 1990. The Labute approximate surface area is 214 Å². The number of nitrogens with zero attached hydrogens (tertiary/aromatic N) is 2. The molecule has 0 aliphatic heterocycles. The first-order chi connectivity index (χ1) is 17.2. The van der Waals surface area contributed by atoms with Crippen LogP contribution < -0.4 is 0 Å². The number of hydrogen-bond donors (Lipinski definition) is 0. The molecule has 0 spiro atoms. The van der Waals surface area contributed by atoms with E-state index in [1.54, 1.807) is 28.9 Å². The van der Waals surface area contributed by atoms with Crippen molar-refractivity contribution in [3.8, 4) is 28.3 Å². The van der Waals surface area contributed by atoms with Gasteiger partial charge in [-0.3, -0.25) is 4.98 Å². The fraction of sp³-hybridized carbons (Fsp3) is 0. The number of thiophene rings is 2. The van der Waals surface area contributed by atoms with E-state index in [1.165, 1.54) is 24.9 Å². The molecule has 35 heavy (non-hydrogen) atoms. The lowest BCUT2D eigenvalue weighted by Crippen LogP contribution is -1.86. The van der Waals surface area contributed by atoms with Gasteiger partial charge < -0.3 is 0 Å². The van der Waals surface area contributed by atoms with Crippen LogP contribution in [-0.4, -0.2) is 4.98 Å². The van der Waals surface area contributed by atoms with Crippen LogP contribution in [-0.2, 0) is 0 Å². The first-order valence-corrected chi connectivity index (χ1v) is 13.1. The molecule has 0 N–H and O–H groups in total. The summed E-state index contributed by atoms with van der Waals surface area (Å²) >= 11 is 10.0. The number of aromatic nitrogens is 1. The molecule has 7 rings (SSSR count). The number of fused-ring (bicyclic) bond motifs is 6. The second-order valence-electron chi connectivity index (χ2n) is 8.50. The Kier molecular flexibility index (Phi) is 4.65. The molecule has 7 aromatic rings. The summed E-state index contributed by atoms with van der Waals surface area (Å²) in [5.74, 6) is 0. The summed E-state index contributed by atoms with van der Waals surface area (Å²) in [5, 5.41) is 15.2. The Balaban J connectivity index is 1.46. The van der Waals surface area contributed by atoms with E-state index >= 15 is 0 Å². The minimum absolute atomic E-state index is 0.646. The molecule has 0 fully saturated rings. The highest BCUT2D eigenvalue weighted by molar-refractivity contribution is 7.26. The van der Waals surface area contributed by atoms with E-state index in [2.05, 4.69) is 77.8 Å². The zero-order valence-electron chi connectivity index (χ0n) is 18.2. The smallest absolute Gasteiger partial charge is 0.0992 e. The van der Waals surface area contributed by atoms with Gasteiger partial charge >= 0.3 is 0 Å². The van der Waals surface area contributed by atoms with Crippen LogP contribution in [0.15, 0.2) is 91.3 Å². The standard InChI is InChI=1S/C30H15ClN2S2/c31-25-15-33-16-28-29(25)24-13-18(8-9-27(24)34-28)19-10-17(14-32)11-20(12-19)21-5-3-6-23-22-4-1-2-7-26(22)35-30(21)23/h1-13,15-16H. The summed E-state index contributed by atoms with van der Waals surface area (Å²) < 4.78 is 4.76. The molecule has 0 aliphatic rings. The highest BCUT2D eigenvalue weighted by Gasteiger charge is 2.14. The Morgan fingerprint density at radius 1 is 0.686 bits per heavy atom. The van der Waals surface area contributed by atoms with Gasteiger partial charge in [-0.2, -0.15) is 5.26 Å². The first kappa shape index (κ1) is 20.6. The van der Waals surface area contributed by atoms with Gasteiger partial charge in [0.25, 0.3) is 0 Å². The van der Waals surface area contributed by atoms with Crippen LogP contribution in [0.2, 0.25) is 5.02 Å². The third-order valence-electron chi connectivity index (χ3n) is 6.44. The van der Waals surface area contributed by atoms with Crippen LogP contribution in [0.3, 0.4) is 0 Å². The van der Waals surface area contributed by atoms with E-state index in [1.807, 2.05) is 18.3 Å². The molecule has 2 nitrogen and oxygen atoms in total. The van der Waals surface area contributed by atoms with Crippen LogP contribution in [0.1, 0.15) is 5.56 Å². The minimum atomic E-state index is 0.646. The van der Waals surface area contributed by atoms with Crippen molar-refractivity contribution in [1.82, 2.24) is 4.98 Å². The van der Waals surface area contributed by atoms with Crippen molar-refractivity contribution in [2.24, 2.45) is 0 Å². The van der Waals surface area contributed by atoms with Crippen LogP contribution in [0.5, 0.6) is 0 Å². The molecule has 0 atom stereocenters. The lowest BCUT2D eigenvalue weighted by molar-refractivity contribution is 1.37. The van der Waals surface area contributed by atoms with Gasteiger partial charge in [0.15, 0.2) is 0 Å². The summed E-state index contributed by atoms with van der Waals surface area (Å²) in [5.41, 5.74) is 4.93. The molecule has 5 heteroatoms. The molecular weight excluding hydrogens is 488 g/mol. The highest BCUT2D eigenvalue weighted by atomic mass is 35.5. The fourth-order valence-electron chi connectivity index (χ4n) is 4.86. The molecule has 0 amide bonds. The Morgan fingerprint density at radius 2 is 1.51 bits per heavy atom. The monoisotopic (exact) mass is 502 g/mol. The topological polar surface area (TPSA) is 36.7 Å². The molecular formula is C30H15ClN2S2. The van der Waals surface area contributed by atoms with Crippen LogP contribution >= 0.6 is 34.3 Å². The summed E-state index contributed by atoms with van der Waals surface area (Å²) in [7, 11) is 0. The number of halogens is 1. The molecule has 3 heterocycles. The second kappa shape index (κ2) is 7.90. The molecule has 3 aromatic heterocycles. The molecule has 164 valence electrons. The van der Waals surface area contributed by atoms with E-state index < -0.39 is 0 Å². The summed E-state index contributed by atoms with van der Waals surface area (Å²) in [6.45, 7) is 0. The maximum atomic E-state index is 9.85. The number of nitriles is 1. The summed E-state index contributed by atoms with van der Waals surface area (Å²) in [6, 6.07) is 29.9. The van der Waals surface area contributed by atoms with Crippen LogP contribution in [0.25, 0.3) is 62.6 Å². The molecule has 0 unspecified atom stereocenters. The van der Waals surface area contributed by atoms with E-state index in [9.17, 15) is 5.26 Å². The maximum Gasteiger partial charge on any atom is 0.0992 e. The van der Waals surface area contributed by atoms with Gasteiger partial charge in [-0.15, -0.1) is 22.7 Å².